The van der Waals surface area contributed by atoms with Gasteiger partial charge in [0.1, 0.15) is 11.9 Å². The normalized spacial score (nSPS) is 17.0. The number of nitrogens with one attached hydrogen (secondary N) is 1. The molecule has 6 heteroatoms. The third kappa shape index (κ3) is 4.30. The highest BCUT2D eigenvalue weighted by Crippen LogP contribution is 2.18. The van der Waals surface area contributed by atoms with Gasteiger partial charge in [-0.25, -0.2) is 4.98 Å². The summed E-state index contributed by atoms with van der Waals surface area (Å²) in [4.78, 5) is 20.8. The van der Waals surface area contributed by atoms with E-state index in [2.05, 4.69) is 32.7 Å². The van der Waals surface area contributed by atoms with Gasteiger partial charge in [-0.15, -0.1) is 6.58 Å². The zero-order valence-corrected chi connectivity index (χ0v) is 13.5. The van der Waals surface area contributed by atoms with E-state index >= 15 is 0 Å². The summed E-state index contributed by atoms with van der Waals surface area (Å²) < 4.78 is 0. The highest BCUT2D eigenvalue weighted by atomic mass is 16.2. The summed E-state index contributed by atoms with van der Waals surface area (Å²) in [5.41, 5.74) is 0.595. The standard InChI is InChI=1S/C17H23N5O/c1-3-7-20-17(23)14(2)21-9-5-10-22(12-11-21)16-15(13-18)6-4-8-19-16/h3-4,6,8,14H,1,5,7,9-12H2,2H3,(H,20,23). The smallest absolute Gasteiger partial charge is 0.237 e. The van der Waals surface area contributed by atoms with E-state index in [1.807, 2.05) is 6.92 Å². The topological polar surface area (TPSA) is 72.3 Å². The van der Waals surface area contributed by atoms with Crippen LogP contribution in [-0.2, 0) is 4.79 Å². The Balaban J connectivity index is 2.01. The minimum absolute atomic E-state index is 0.0221. The van der Waals surface area contributed by atoms with Gasteiger partial charge in [-0.05, 0) is 25.5 Å². The van der Waals surface area contributed by atoms with Crippen molar-refractivity contribution >= 4 is 11.7 Å². The lowest BCUT2D eigenvalue weighted by molar-refractivity contribution is -0.125. The molecule has 0 aromatic carbocycles. The van der Waals surface area contributed by atoms with Crippen molar-refractivity contribution in [1.29, 1.82) is 5.26 Å². The summed E-state index contributed by atoms with van der Waals surface area (Å²) in [6.45, 7) is 9.24. The van der Waals surface area contributed by atoms with Crippen molar-refractivity contribution in [1.82, 2.24) is 15.2 Å². The zero-order chi connectivity index (χ0) is 16.7. The predicted molar refractivity (Wildman–Crippen MR) is 90.0 cm³/mol. The first-order valence-electron chi connectivity index (χ1n) is 7.90. The summed E-state index contributed by atoms with van der Waals surface area (Å²) in [6.07, 6.45) is 4.32. The van der Waals surface area contributed by atoms with Crippen LogP contribution in [0.2, 0.25) is 0 Å². The highest BCUT2D eigenvalue weighted by Gasteiger charge is 2.24. The molecule has 0 saturated carbocycles. The van der Waals surface area contributed by atoms with E-state index < -0.39 is 0 Å². The Bertz CT molecular complexity index is 595. The van der Waals surface area contributed by atoms with E-state index in [0.717, 1.165) is 38.4 Å². The maximum atomic E-state index is 12.1. The summed E-state index contributed by atoms with van der Waals surface area (Å²) in [6, 6.07) is 5.59. The van der Waals surface area contributed by atoms with Gasteiger partial charge in [0.2, 0.25) is 5.91 Å². The molecular weight excluding hydrogens is 290 g/mol. The van der Waals surface area contributed by atoms with Gasteiger partial charge in [-0.2, -0.15) is 5.26 Å². The lowest BCUT2D eigenvalue weighted by Crippen LogP contribution is -2.46. The molecule has 122 valence electrons. The molecule has 0 bridgehead atoms. The molecule has 1 amide bonds. The van der Waals surface area contributed by atoms with Gasteiger partial charge in [0.05, 0.1) is 11.6 Å². The number of nitriles is 1. The number of aromatic nitrogens is 1. The summed E-state index contributed by atoms with van der Waals surface area (Å²) in [5, 5.41) is 12.1. The number of pyridine rings is 1. The van der Waals surface area contributed by atoms with Crippen molar-refractivity contribution < 1.29 is 4.79 Å². The second-order valence-corrected chi connectivity index (χ2v) is 5.57. The third-order valence-electron chi connectivity index (χ3n) is 4.08. The summed E-state index contributed by atoms with van der Waals surface area (Å²) in [7, 11) is 0. The molecule has 1 N–H and O–H groups in total. The Labute approximate surface area is 137 Å². The van der Waals surface area contributed by atoms with Crippen LogP contribution in [-0.4, -0.2) is 54.6 Å². The van der Waals surface area contributed by atoms with Crippen molar-refractivity contribution in [3.8, 4) is 6.07 Å². The van der Waals surface area contributed by atoms with Crippen LogP contribution in [0.1, 0.15) is 18.9 Å². The van der Waals surface area contributed by atoms with Crippen molar-refractivity contribution in [2.75, 3.05) is 37.6 Å². The Hall–Kier alpha value is -2.39. The highest BCUT2D eigenvalue weighted by molar-refractivity contribution is 5.81. The van der Waals surface area contributed by atoms with Gasteiger partial charge in [0.25, 0.3) is 0 Å². The van der Waals surface area contributed by atoms with E-state index in [4.69, 9.17) is 0 Å². The van der Waals surface area contributed by atoms with E-state index in [1.165, 1.54) is 0 Å². The summed E-state index contributed by atoms with van der Waals surface area (Å²) >= 11 is 0. The number of nitrogens with zero attached hydrogens (tertiary/aromatic N) is 4. The molecule has 6 nitrogen and oxygen atoms in total. The minimum atomic E-state index is -0.172. The lowest BCUT2D eigenvalue weighted by atomic mass is 10.2. The average molecular weight is 313 g/mol. The molecule has 23 heavy (non-hydrogen) atoms. The van der Waals surface area contributed by atoms with Crippen molar-refractivity contribution in [2.45, 2.75) is 19.4 Å². The lowest BCUT2D eigenvalue weighted by Gasteiger charge is -2.27. The van der Waals surface area contributed by atoms with Gasteiger partial charge >= 0.3 is 0 Å². The molecular formula is C17H23N5O. The SMILES string of the molecule is C=CCNC(=O)C(C)N1CCCN(c2ncccc2C#N)CC1. The molecule has 1 aliphatic heterocycles. The van der Waals surface area contributed by atoms with Gasteiger partial charge < -0.3 is 10.2 Å². The predicted octanol–water partition coefficient (Wildman–Crippen LogP) is 1.16. The first kappa shape index (κ1) is 17.0. The fraction of sp³-hybridized carbons (Fsp3) is 0.471. The number of hydrogen-bond acceptors (Lipinski definition) is 5. The zero-order valence-electron chi connectivity index (χ0n) is 13.5. The quantitative estimate of drug-likeness (QED) is 0.826. The maximum absolute atomic E-state index is 12.1. The molecule has 0 aliphatic carbocycles. The van der Waals surface area contributed by atoms with Gasteiger partial charge in [-0.3, -0.25) is 9.69 Å². The van der Waals surface area contributed by atoms with E-state index in [0.29, 0.717) is 12.1 Å². The molecule has 1 aromatic rings. The van der Waals surface area contributed by atoms with Gasteiger partial charge in [-0.1, -0.05) is 6.08 Å². The number of anilines is 1. The Morgan fingerprint density at radius 3 is 3.09 bits per heavy atom. The van der Waals surface area contributed by atoms with Crippen molar-refractivity contribution in [2.24, 2.45) is 0 Å². The molecule has 1 atom stereocenters. The van der Waals surface area contributed by atoms with Crippen LogP contribution < -0.4 is 10.2 Å². The van der Waals surface area contributed by atoms with E-state index in [-0.39, 0.29) is 11.9 Å². The number of hydrogen-bond donors (Lipinski definition) is 1. The molecule has 1 saturated heterocycles. The minimum Gasteiger partial charge on any atom is -0.354 e. The monoisotopic (exact) mass is 313 g/mol. The van der Waals surface area contributed by atoms with Crippen LogP contribution in [0.5, 0.6) is 0 Å². The Morgan fingerprint density at radius 1 is 1.52 bits per heavy atom. The molecule has 1 fully saturated rings. The fourth-order valence-electron chi connectivity index (χ4n) is 2.76. The average Bonchev–Trinajstić information content (AvgIpc) is 2.84. The van der Waals surface area contributed by atoms with Crippen LogP contribution >= 0.6 is 0 Å². The van der Waals surface area contributed by atoms with E-state index in [9.17, 15) is 10.1 Å². The second-order valence-electron chi connectivity index (χ2n) is 5.57. The largest absolute Gasteiger partial charge is 0.354 e. The van der Waals surface area contributed by atoms with Crippen molar-refractivity contribution in [3.63, 3.8) is 0 Å². The van der Waals surface area contributed by atoms with Gasteiger partial charge in [0.15, 0.2) is 0 Å². The van der Waals surface area contributed by atoms with Gasteiger partial charge in [0, 0.05) is 38.9 Å². The number of carbonyl (C=O) groups is 1. The first-order chi connectivity index (χ1) is 11.2. The summed E-state index contributed by atoms with van der Waals surface area (Å²) in [5.74, 6) is 0.759. The maximum Gasteiger partial charge on any atom is 0.237 e. The molecule has 0 spiro atoms. The van der Waals surface area contributed by atoms with Crippen LogP contribution in [0.3, 0.4) is 0 Å². The Kier molecular flexibility index (Phi) is 6.12. The van der Waals surface area contributed by atoms with Crippen LogP contribution in [0.4, 0.5) is 5.82 Å². The van der Waals surface area contributed by atoms with Crippen LogP contribution in [0.15, 0.2) is 31.0 Å². The number of carbonyl (C=O) groups excluding carboxylic acids is 1. The molecule has 0 radical (unpaired) electrons. The fourth-order valence-corrected chi connectivity index (χ4v) is 2.76. The molecule has 1 aliphatic rings. The third-order valence-corrected chi connectivity index (χ3v) is 4.08. The van der Waals surface area contributed by atoms with E-state index in [1.54, 1.807) is 24.4 Å². The molecule has 2 rings (SSSR count). The Morgan fingerprint density at radius 2 is 2.35 bits per heavy atom. The first-order valence-corrected chi connectivity index (χ1v) is 7.90. The van der Waals surface area contributed by atoms with Crippen LogP contribution in [0.25, 0.3) is 0 Å². The molecule has 1 aromatic heterocycles. The van der Waals surface area contributed by atoms with Crippen LogP contribution in [0, 0.1) is 11.3 Å². The molecule has 2 heterocycles. The second kappa shape index (κ2) is 8.30. The molecule has 1 unspecified atom stereocenters. The number of rotatable bonds is 5. The van der Waals surface area contributed by atoms with Crippen molar-refractivity contribution in [3.05, 3.63) is 36.5 Å². The number of amides is 1.